The highest BCUT2D eigenvalue weighted by Gasteiger charge is 2.12. The zero-order chi connectivity index (χ0) is 17.8. The molecule has 1 amide bonds. The number of hydrogen-bond acceptors (Lipinski definition) is 5. The molecule has 0 aliphatic rings. The Morgan fingerprint density at radius 2 is 2.12 bits per heavy atom. The first-order valence-electron chi connectivity index (χ1n) is 7.56. The Kier molecular flexibility index (Phi) is 4.60. The van der Waals surface area contributed by atoms with E-state index >= 15 is 0 Å². The number of nitrogens with zero attached hydrogens (tertiary/aromatic N) is 3. The number of benzene rings is 1. The van der Waals surface area contributed by atoms with Crippen LogP contribution < -0.4 is 16.4 Å². The fraction of sp³-hybridized carbons (Fsp3) is 0.118. The molecule has 4 N–H and O–H groups in total. The number of pyridine rings is 1. The van der Waals surface area contributed by atoms with Crippen LogP contribution in [0, 0.1) is 5.82 Å². The largest absolute Gasteiger partial charge is 0.382 e. The molecular weight excluding hydrogens is 323 g/mol. The third-order valence-corrected chi connectivity index (χ3v) is 3.64. The minimum atomic E-state index is -0.384. The van der Waals surface area contributed by atoms with Crippen molar-refractivity contribution in [3.05, 3.63) is 66.1 Å². The van der Waals surface area contributed by atoms with Crippen LogP contribution in [0.25, 0.3) is 0 Å². The fourth-order valence-corrected chi connectivity index (χ4v) is 2.32. The molecule has 2 heterocycles. The Hall–Kier alpha value is -3.42. The van der Waals surface area contributed by atoms with E-state index in [1.807, 2.05) is 0 Å². The van der Waals surface area contributed by atoms with Crippen LogP contribution in [-0.4, -0.2) is 20.4 Å². The van der Waals surface area contributed by atoms with Crippen molar-refractivity contribution < 1.29 is 9.18 Å². The highest BCUT2D eigenvalue weighted by Crippen LogP contribution is 2.19. The van der Waals surface area contributed by atoms with Crippen molar-refractivity contribution in [3.63, 3.8) is 0 Å². The molecule has 0 aliphatic heterocycles. The summed E-state index contributed by atoms with van der Waals surface area (Å²) in [4.78, 5) is 20.1. The highest BCUT2D eigenvalue weighted by atomic mass is 19.1. The number of nitrogens with one attached hydrogen (secondary N) is 2. The van der Waals surface area contributed by atoms with Gasteiger partial charge in [-0.3, -0.25) is 4.79 Å². The zero-order valence-corrected chi connectivity index (χ0v) is 13.5. The minimum Gasteiger partial charge on any atom is -0.382 e. The highest BCUT2D eigenvalue weighted by molar-refractivity contribution is 6.01. The number of aromatic nitrogens is 3. The van der Waals surface area contributed by atoms with Crippen molar-refractivity contribution in [2.75, 3.05) is 16.4 Å². The second-order valence-electron chi connectivity index (χ2n) is 5.41. The number of halogens is 1. The van der Waals surface area contributed by atoms with E-state index in [1.165, 1.54) is 18.3 Å². The van der Waals surface area contributed by atoms with Crippen LogP contribution in [0.15, 0.2) is 48.9 Å². The van der Waals surface area contributed by atoms with Gasteiger partial charge in [-0.15, -0.1) is 0 Å². The monoisotopic (exact) mass is 340 g/mol. The standard InChI is InChI=1S/C17H17FN6O/c1-24-8-7-21-16(24)17(25)23-12-4-5-13(18)11(9-12)10-22-14-3-2-6-20-15(14)19/h2-9,22H,10H2,1H3,(H2,19,20)(H,23,25). The van der Waals surface area contributed by atoms with Crippen molar-refractivity contribution in [1.82, 2.24) is 14.5 Å². The Labute approximate surface area is 143 Å². The lowest BCUT2D eigenvalue weighted by atomic mass is 10.1. The van der Waals surface area contributed by atoms with E-state index in [4.69, 9.17) is 5.73 Å². The van der Waals surface area contributed by atoms with Crippen molar-refractivity contribution >= 4 is 23.1 Å². The summed E-state index contributed by atoms with van der Waals surface area (Å²) >= 11 is 0. The number of rotatable bonds is 5. The number of imidazole rings is 1. The van der Waals surface area contributed by atoms with Crippen molar-refractivity contribution in [2.24, 2.45) is 7.05 Å². The molecule has 7 nitrogen and oxygen atoms in total. The van der Waals surface area contributed by atoms with Crippen molar-refractivity contribution in [1.29, 1.82) is 0 Å². The molecule has 0 fully saturated rings. The summed E-state index contributed by atoms with van der Waals surface area (Å²) in [5, 5.41) is 5.74. The molecule has 128 valence electrons. The fourth-order valence-electron chi connectivity index (χ4n) is 2.32. The van der Waals surface area contributed by atoms with Crippen LogP contribution >= 0.6 is 0 Å². The van der Waals surface area contributed by atoms with Gasteiger partial charge in [0.1, 0.15) is 11.6 Å². The summed E-state index contributed by atoms with van der Waals surface area (Å²) in [7, 11) is 1.72. The molecule has 3 rings (SSSR count). The van der Waals surface area contributed by atoms with Crippen LogP contribution in [0.4, 0.5) is 21.6 Å². The molecule has 0 saturated carbocycles. The van der Waals surface area contributed by atoms with Gasteiger partial charge in [-0.1, -0.05) is 0 Å². The van der Waals surface area contributed by atoms with Gasteiger partial charge in [-0.25, -0.2) is 14.4 Å². The summed E-state index contributed by atoms with van der Waals surface area (Å²) in [6.07, 6.45) is 4.79. The maximum atomic E-state index is 14.0. The molecular formula is C17H17FN6O. The molecule has 0 saturated heterocycles. The normalized spacial score (nSPS) is 10.5. The van der Waals surface area contributed by atoms with Gasteiger partial charge in [0.2, 0.25) is 0 Å². The molecule has 0 atom stereocenters. The molecule has 8 heteroatoms. The van der Waals surface area contributed by atoms with Crippen LogP contribution in [0.3, 0.4) is 0 Å². The van der Waals surface area contributed by atoms with E-state index in [1.54, 1.807) is 42.2 Å². The molecule has 1 aromatic carbocycles. The van der Waals surface area contributed by atoms with E-state index in [2.05, 4.69) is 20.6 Å². The van der Waals surface area contributed by atoms with Crippen molar-refractivity contribution in [3.8, 4) is 0 Å². The molecule has 0 radical (unpaired) electrons. The average molecular weight is 340 g/mol. The van der Waals surface area contributed by atoms with Gasteiger partial charge in [-0.2, -0.15) is 0 Å². The molecule has 25 heavy (non-hydrogen) atoms. The quantitative estimate of drug-likeness (QED) is 0.662. The van der Waals surface area contributed by atoms with Gasteiger partial charge in [0.05, 0.1) is 5.69 Å². The van der Waals surface area contributed by atoms with E-state index in [9.17, 15) is 9.18 Å². The number of amides is 1. The van der Waals surface area contributed by atoms with Crippen molar-refractivity contribution in [2.45, 2.75) is 6.54 Å². The number of nitrogens with two attached hydrogens (primary N) is 1. The predicted molar refractivity (Wildman–Crippen MR) is 93.5 cm³/mol. The molecule has 0 aliphatic carbocycles. The van der Waals surface area contributed by atoms with Crippen LogP contribution in [0.2, 0.25) is 0 Å². The Morgan fingerprint density at radius 3 is 2.84 bits per heavy atom. The summed E-state index contributed by atoms with van der Waals surface area (Å²) < 4.78 is 15.6. The maximum absolute atomic E-state index is 14.0. The summed E-state index contributed by atoms with van der Waals surface area (Å²) in [5.41, 5.74) is 7.24. The number of carbonyl (C=O) groups is 1. The smallest absolute Gasteiger partial charge is 0.291 e. The zero-order valence-electron chi connectivity index (χ0n) is 13.5. The van der Waals surface area contributed by atoms with Gasteiger partial charge in [0.15, 0.2) is 5.82 Å². The average Bonchev–Trinajstić information content (AvgIpc) is 3.03. The van der Waals surface area contributed by atoms with E-state index in [0.717, 1.165) is 0 Å². The summed E-state index contributed by atoms with van der Waals surface area (Å²) in [6, 6.07) is 7.86. The van der Waals surface area contributed by atoms with Gasteiger partial charge in [0, 0.05) is 43.4 Å². The predicted octanol–water partition coefficient (Wildman–Crippen LogP) is 2.40. The second-order valence-corrected chi connectivity index (χ2v) is 5.41. The number of hydrogen-bond donors (Lipinski definition) is 3. The van der Waals surface area contributed by atoms with Gasteiger partial charge >= 0.3 is 0 Å². The molecule has 3 aromatic rings. The van der Waals surface area contributed by atoms with Crippen LogP contribution in [0.1, 0.15) is 16.2 Å². The Balaban J connectivity index is 1.73. The van der Waals surface area contributed by atoms with E-state index < -0.39 is 0 Å². The number of anilines is 3. The van der Waals surface area contributed by atoms with Gasteiger partial charge in [-0.05, 0) is 30.3 Å². The first-order chi connectivity index (χ1) is 12.0. The molecule has 0 spiro atoms. The Bertz CT molecular complexity index is 908. The minimum absolute atomic E-state index is 0.202. The Morgan fingerprint density at radius 1 is 1.28 bits per heavy atom. The summed E-state index contributed by atoms with van der Waals surface area (Å²) in [5.74, 6) is -0.145. The second kappa shape index (κ2) is 7.00. The lowest BCUT2D eigenvalue weighted by molar-refractivity contribution is 0.101. The molecule has 0 bridgehead atoms. The molecule has 0 unspecified atom stereocenters. The molecule has 2 aromatic heterocycles. The van der Waals surface area contributed by atoms with E-state index in [0.29, 0.717) is 22.8 Å². The van der Waals surface area contributed by atoms with Crippen LogP contribution in [-0.2, 0) is 13.6 Å². The van der Waals surface area contributed by atoms with E-state index in [-0.39, 0.29) is 24.1 Å². The van der Waals surface area contributed by atoms with Gasteiger partial charge < -0.3 is 20.9 Å². The number of nitrogen functional groups attached to an aromatic ring is 1. The van der Waals surface area contributed by atoms with Gasteiger partial charge in [0.25, 0.3) is 5.91 Å². The third kappa shape index (κ3) is 3.74. The maximum Gasteiger partial charge on any atom is 0.291 e. The SMILES string of the molecule is Cn1ccnc1C(=O)Nc1ccc(F)c(CNc2cccnc2N)c1. The van der Waals surface area contributed by atoms with Crippen LogP contribution in [0.5, 0.6) is 0 Å². The topological polar surface area (TPSA) is 97.9 Å². The number of carbonyl (C=O) groups excluding carboxylic acids is 1. The summed E-state index contributed by atoms with van der Waals surface area (Å²) in [6.45, 7) is 0.202. The first kappa shape index (κ1) is 16.4. The lowest BCUT2D eigenvalue weighted by Crippen LogP contribution is -2.17. The third-order valence-electron chi connectivity index (χ3n) is 3.64. The number of aryl methyl sites for hydroxylation is 1. The first-order valence-corrected chi connectivity index (χ1v) is 7.56. The lowest BCUT2D eigenvalue weighted by Gasteiger charge is -2.11.